The first-order chi connectivity index (χ1) is 16.7. The summed E-state index contributed by atoms with van der Waals surface area (Å²) in [4.78, 5) is 0. The van der Waals surface area contributed by atoms with Crippen LogP contribution >= 0.6 is 0 Å². The summed E-state index contributed by atoms with van der Waals surface area (Å²) in [5.74, 6) is -1.96. The number of hydrogen-bond donors (Lipinski definition) is 3. The van der Waals surface area contributed by atoms with Crippen molar-refractivity contribution in [3.8, 4) is 11.5 Å². The number of hydrogen-bond acceptors (Lipinski definition) is 6. The molecule has 0 radical (unpaired) electrons. The fourth-order valence-corrected chi connectivity index (χ4v) is 4.33. The SMILES string of the molecule is O=S(=O)(N[C@H](c1ccccc1O)[C@H](NS(=O)(=O)C(F)(F)F)c1ccccc1OCC(F)(F)F)C(F)(F)F. The molecule has 0 amide bonds. The highest BCUT2D eigenvalue weighted by atomic mass is 32.2. The number of ether oxygens (including phenoxy) is 1. The van der Waals surface area contributed by atoms with Crippen LogP contribution in [0.4, 0.5) is 39.5 Å². The van der Waals surface area contributed by atoms with Crippen LogP contribution in [-0.4, -0.2) is 45.7 Å². The van der Waals surface area contributed by atoms with Crippen LogP contribution < -0.4 is 14.2 Å². The number of halogens is 9. The van der Waals surface area contributed by atoms with Crippen LogP contribution in [0.15, 0.2) is 48.5 Å². The van der Waals surface area contributed by atoms with E-state index in [1.54, 1.807) is 0 Å². The Balaban J connectivity index is 2.84. The molecule has 0 saturated heterocycles. The van der Waals surface area contributed by atoms with Crippen LogP contribution in [0.25, 0.3) is 0 Å². The molecule has 19 heteroatoms. The quantitative estimate of drug-likeness (QED) is 0.380. The van der Waals surface area contributed by atoms with Gasteiger partial charge in [0.2, 0.25) is 0 Å². The minimum atomic E-state index is -6.49. The predicted molar refractivity (Wildman–Crippen MR) is 108 cm³/mol. The van der Waals surface area contributed by atoms with E-state index in [1.807, 2.05) is 0 Å². The van der Waals surface area contributed by atoms with Gasteiger partial charge in [0.05, 0.1) is 12.1 Å². The summed E-state index contributed by atoms with van der Waals surface area (Å²) in [5, 5.41) is 10.1. The van der Waals surface area contributed by atoms with Gasteiger partial charge in [0.15, 0.2) is 6.61 Å². The number of nitrogens with one attached hydrogen (secondary N) is 2. The van der Waals surface area contributed by atoms with E-state index in [9.17, 15) is 61.5 Å². The van der Waals surface area contributed by atoms with E-state index in [2.05, 4.69) is 4.74 Å². The maximum atomic E-state index is 13.2. The van der Waals surface area contributed by atoms with Crippen LogP contribution in [0.2, 0.25) is 0 Å². The van der Waals surface area contributed by atoms with Gasteiger partial charge in [-0.15, -0.1) is 0 Å². The standard InChI is InChI=1S/C18H15F9N2O6S2/c19-16(20,21)9-35-13-8-4-2-6-11(13)15(29-37(33,34)18(25,26)27)14(10-5-1-3-7-12(10)30)28-36(31,32)17(22,23)24/h1-8,14-15,28-30H,9H2/t14-,15-/m1/s1. The van der Waals surface area contributed by atoms with Gasteiger partial charge >= 0.3 is 37.2 Å². The van der Waals surface area contributed by atoms with Gasteiger partial charge in [0.25, 0.3) is 0 Å². The van der Waals surface area contributed by atoms with Crippen molar-refractivity contribution in [3.05, 3.63) is 59.7 Å². The Morgan fingerprint density at radius 3 is 1.54 bits per heavy atom. The minimum absolute atomic E-state index is 0.685. The van der Waals surface area contributed by atoms with Crippen molar-refractivity contribution in [1.29, 1.82) is 0 Å². The summed E-state index contributed by atoms with van der Waals surface area (Å²) in [6.07, 6.45) is -5.01. The van der Waals surface area contributed by atoms with Crippen LogP contribution in [0, 0.1) is 0 Å². The molecule has 0 aromatic heterocycles. The Kier molecular flexibility index (Phi) is 8.67. The van der Waals surface area contributed by atoms with E-state index >= 15 is 0 Å². The summed E-state index contributed by atoms with van der Waals surface area (Å²) < 4.78 is 171. The lowest BCUT2D eigenvalue weighted by molar-refractivity contribution is -0.153. The summed E-state index contributed by atoms with van der Waals surface area (Å²) in [6.45, 7) is -2.06. The van der Waals surface area contributed by atoms with Crippen molar-refractivity contribution in [2.45, 2.75) is 29.3 Å². The van der Waals surface area contributed by atoms with E-state index in [1.165, 1.54) is 0 Å². The smallest absolute Gasteiger partial charge is 0.508 e. The lowest BCUT2D eigenvalue weighted by Gasteiger charge is -2.31. The Hall–Kier alpha value is -2.77. The van der Waals surface area contributed by atoms with Crippen LogP contribution in [0.1, 0.15) is 23.2 Å². The Morgan fingerprint density at radius 1 is 0.703 bits per heavy atom. The largest absolute Gasteiger partial charge is 0.511 e. The van der Waals surface area contributed by atoms with Gasteiger partial charge in [-0.25, -0.2) is 16.8 Å². The fourth-order valence-electron chi connectivity index (χ4n) is 2.87. The number of aromatic hydroxyl groups is 1. The fraction of sp³-hybridized carbons (Fsp3) is 0.333. The topological polar surface area (TPSA) is 122 Å². The van der Waals surface area contributed by atoms with Crippen molar-refractivity contribution in [1.82, 2.24) is 9.44 Å². The summed E-state index contributed by atoms with van der Waals surface area (Å²) in [5.41, 5.74) is -14.0. The molecule has 0 bridgehead atoms. The third-order valence-corrected chi connectivity index (χ3v) is 6.77. The molecule has 0 fully saturated rings. The van der Waals surface area contributed by atoms with E-state index in [-0.39, 0.29) is 0 Å². The van der Waals surface area contributed by atoms with Gasteiger partial charge in [0, 0.05) is 11.1 Å². The number of phenols is 1. The first kappa shape index (κ1) is 30.5. The summed E-state index contributed by atoms with van der Waals surface area (Å²) in [6, 6.07) is 1.54. The zero-order valence-electron chi connectivity index (χ0n) is 17.7. The third-order valence-electron chi connectivity index (χ3n) is 4.42. The van der Waals surface area contributed by atoms with Crippen molar-refractivity contribution < 1.29 is 66.2 Å². The van der Waals surface area contributed by atoms with Crippen LogP contribution in [-0.2, 0) is 20.0 Å². The molecule has 0 spiro atoms. The molecule has 0 aliphatic heterocycles. The van der Waals surface area contributed by atoms with E-state index in [0.717, 1.165) is 51.9 Å². The molecule has 0 aliphatic rings. The number of benzene rings is 2. The average molecular weight is 590 g/mol. The molecule has 2 aromatic rings. The molecule has 8 nitrogen and oxygen atoms in total. The minimum Gasteiger partial charge on any atom is -0.508 e. The Morgan fingerprint density at radius 2 is 1.11 bits per heavy atom. The second kappa shape index (κ2) is 10.5. The van der Waals surface area contributed by atoms with E-state index in [0.29, 0.717) is 6.07 Å². The van der Waals surface area contributed by atoms with Gasteiger partial charge < -0.3 is 9.84 Å². The molecule has 2 atom stereocenters. The van der Waals surface area contributed by atoms with E-state index < -0.39 is 78.6 Å². The number of sulfonamides is 2. The monoisotopic (exact) mass is 590 g/mol. The summed E-state index contributed by atoms with van der Waals surface area (Å²) >= 11 is 0. The second-order valence-corrected chi connectivity index (χ2v) is 10.5. The molecule has 0 saturated carbocycles. The molecule has 0 heterocycles. The van der Waals surface area contributed by atoms with Crippen molar-refractivity contribution >= 4 is 20.0 Å². The molecule has 2 aromatic carbocycles. The Bertz CT molecular complexity index is 1310. The normalized spacial score (nSPS) is 15.3. The van der Waals surface area contributed by atoms with Crippen molar-refractivity contribution in [2.24, 2.45) is 0 Å². The van der Waals surface area contributed by atoms with Gasteiger partial charge in [-0.1, -0.05) is 36.4 Å². The number of phenolic OH excluding ortho intramolecular Hbond substituents is 1. The molecular formula is C18H15F9N2O6S2. The van der Waals surface area contributed by atoms with Crippen molar-refractivity contribution in [2.75, 3.05) is 6.61 Å². The molecule has 208 valence electrons. The third kappa shape index (κ3) is 7.62. The van der Waals surface area contributed by atoms with Crippen molar-refractivity contribution in [3.63, 3.8) is 0 Å². The van der Waals surface area contributed by atoms with Gasteiger partial charge in [-0.2, -0.15) is 49.0 Å². The average Bonchev–Trinajstić information content (AvgIpc) is 2.73. The Labute approximate surface area is 203 Å². The summed E-state index contributed by atoms with van der Waals surface area (Å²) in [7, 11) is -12.9. The van der Waals surface area contributed by atoms with Gasteiger partial charge in [-0.05, 0) is 12.1 Å². The highest BCUT2D eigenvalue weighted by Crippen LogP contribution is 2.41. The van der Waals surface area contributed by atoms with Gasteiger partial charge in [0.1, 0.15) is 11.5 Å². The maximum absolute atomic E-state index is 13.2. The molecule has 37 heavy (non-hydrogen) atoms. The van der Waals surface area contributed by atoms with E-state index in [4.69, 9.17) is 0 Å². The maximum Gasteiger partial charge on any atom is 0.511 e. The van der Waals surface area contributed by atoms with Crippen LogP contribution in [0.5, 0.6) is 11.5 Å². The number of rotatable bonds is 9. The zero-order valence-corrected chi connectivity index (χ0v) is 19.3. The lowest BCUT2D eigenvalue weighted by atomic mass is 9.93. The number of alkyl halides is 9. The second-order valence-electron chi connectivity index (χ2n) is 7.09. The molecule has 2 rings (SSSR count). The molecule has 3 N–H and O–H groups in total. The molecule has 0 aliphatic carbocycles. The molecule has 0 unspecified atom stereocenters. The number of para-hydroxylation sites is 2. The lowest BCUT2D eigenvalue weighted by Crippen LogP contribution is -2.47. The highest BCUT2D eigenvalue weighted by molar-refractivity contribution is 7.90. The predicted octanol–water partition coefficient (Wildman–Crippen LogP) is 3.99. The highest BCUT2D eigenvalue weighted by Gasteiger charge is 2.52. The molecular weight excluding hydrogens is 575 g/mol. The van der Waals surface area contributed by atoms with Gasteiger partial charge in [-0.3, -0.25) is 0 Å². The zero-order chi connectivity index (χ0) is 28.4. The van der Waals surface area contributed by atoms with Crippen LogP contribution in [0.3, 0.4) is 0 Å². The first-order valence-corrected chi connectivity index (χ1v) is 12.4. The first-order valence-electron chi connectivity index (χ1n) is 9.40.